The standard InChI is InChI=1S/C12H15FN2O2.ClH/c13-9-4-2-1-3-8(9)10(16)7-15-11(17)12(14)5-6-12;/h1-4,10,16H,5-7,14H2,(H,15,17);1H. The van der Waals surface area contributed by atoms with Gasteiger partial charge in [0, 0.05) is 12.1 Å². The van der Waals surface area contributed by atoms with Gasteiger partial charge in [0.15, 0.2) is 0 Å². The molecule has 1 aromatic carbocycles. The van der Waals surface area contributed by atoms with Crippen molar-refractivity contribution in [2.75, 3.05) is 6.54 Å². The zero-order valence-electron chi connectivity index (χ0n) is 9.73. The Balaban J connectivity index is 0.00000162. The number of hydrogen-bond donors (Lipinski definition) is 3. The number of aliphatic hydroxyl groups is 1. The number of carbonyl (C=O) groups is 1. The minimum atomic E-state index is -1.05. The van der Waals surface area contributed by atoms with Gasteiger partial charge in [0.25, 0.3) is 0 Å². The Morgan fingerprint density at radius 2 is 2.11 bits per heavy atom. The van der Waals surface area contributed by atoms with Crippen LogP contribution in [0.4, 0.5) is 4.39 Å². The van der Waals surface area contributed by atoms with Crippen LogP contribution in [0.3, 0.4) is 0 Å². The fourth-order valence-electron chi connectivity index (χ4n) is 1.58. The molecule has 1 unspecified atom stereocenters. The van der Waals surface area contributed by atoms with Crippen LogP contribution in [0.2, 0.25) is 0 Å². The number of nitrogens with one attached hydrogen (secondary N) is 1. The summed E-state index contributed by atoms with van der Waals surface area (Å²) in [6.07, 6.45) is 0.269. The van der Waals surface area contributed by atoms with Gasteiger partial charge in [-0.1, -0.05) is 18.2 Å². The molecule has 0 aromatic heterocycles. The quantitative estimate of drug-likeness (QED) is 0.763. The average molecular weight is 275 g/mol. The summed E-state index contributed by atoms with van der Waals surface area (Å²) in [4.78, 5) is 11.5. The van der Waals surface area contributed by atoms with E-state index in [2.05, 4.69) is 5.32 Å². The number of carbonyl (C=O) groups excluding carboxylic acids is 1. The lowest BCUT2D eigenvalue weighted by Crippen LogP contribution is -2.44. The number of halogens is 2. The average Bonchev–Trinajstić information content (AvgIpc) is 3.06. The van der Waals surface area contributed by atoms with E-state index in [4.69, 9.17) is 5.73 Å². The molecule has 1 saturated carbocycles. The van der Waals surface area contributed by atoms with Crippen molar-refractivity contribution in [1.82, 2.24) is 5.32 Å². The van der Waals surface area contributed by atoms with E-state index in [-0.39, 0.29) is 30.4 Å². The van der Waals surface area contributed by atoms with Crippen LogP contribution in [-0.2, 0) is 4.79 Å². The van der Waals surface area contributed by atoms with E-state index in [1.165, 1.54) is 12.1 Å². The largest absolute Gasteiger partial charge is 0.386 e. The Labute approximate surface area is 111 Å². The van der Waals surface area contributed by atoms with Crippen molar-refractivity contribution < 1.29 is 14.3 Å². The van der Waals surface area contributed by atoms with E-state index in [0.717, 1.165) is 0 Å². The molecule has 1 fully saturated rings. The number of hydrogen-bond acceptors (Lipinski definition) is 3. The molecule has 1 atom stereocenters. The van der Waals surface area contributed by atoms with Crippen LogP contribution in [0, 0.1) is 5.82 Å². The van der Waals surface area contributed by atoms with E-state index in [1.807, 2.05) is 0 Å². The van der Waals surface area contributed by atoms with Gasteiger partial charge < -0.3 is 16.2 Å². The lowest BCUT2D eigenvalue weighted by molar-refractivity contribution is -0.123. The van der Waals surface area contributed by atoms with Gasteiger partial charge in [0.2, 0.25) is 5.91 Å². The first-order valence-corrected chi connectivity index (χ1v) is 5.52. The van der Waals surface area contributed by atoms with Crippen LogP contribution in [0.1, 0.15) is 24.5 Å². The molecule has 18 heavy (non-hydrogen) atoms. The van der Waals surface area contributed by atoms with E-state index >= 15 is 0 Å². The summed E-state index contributed by atoms with van der Waals surface area (Å²) < 4.78 is 13.3. The van der Waals surface area contributed by atoms with Crippen molar-refractivity contribution >= 4 is 18.3 Å². The summed E-state index contributed by atoms with van der Waals surface area (Å²) in [6.45, 7) is -0.0291. The van der Waals surface area contributed by atoms with Crippen LogP contribution in [0.15, 0.2) is 24.3 Å². The maximum absolute atomic E-state index is 13.3. The van der Waals surface area contributed by atoms with Gasteiger partial charge in [0.1, 0.15) is 5.82 Å². The van der Waals surface area contributed by atoms with E-state index in [1.54, 1.807) is 12.1 Å². The second-order valence-corrected chi connectivity index (χ2v) is 4.40. The number of rotatable bonds is 4. The summed E-state index contributed by atoms with van der Waals surface area (Å²) in [7, 11) is 0. The highest BCUT2D eigenvalue weighted by Gasteiger charge is 2.45. The van der Waals surface area contributed by atoms with Crippen LogP contribution in [0.25, 0.3) is 0 Å². The lowest BCUT2D eigenvalue weighted by Gasteiger charge is -2.15. The summed E-state index contributed by atoms with van der Waals surface area (Å²) in [5.74, 6) is -0.768. The predicted molar refractivity (Wildman–Crippen MR) is 67.8 cm³/mol. The molecule has 0 spiro atoms. The van der Waals surface area contributed by atoms with E-state index in [9.17, 15) is 14.3 Å². The summed E-state index contributed by atoms with van der Waals surface area (Å²) in [5, 5.41) is 12.3. The maximum Gasteiger partial charge on any atom is 0.240 e. The topological polar surface area (TPSA) is 75.4 Å². The van der Waals surface area contributed by atoms with E-state index in [0.29, 0.717) is 12.8 Å². The fourth-order valence-corrected chi connectivity index (χ4v) is 1.58. The van der Waals surface area contributed by atoms with Crippen molar-refractivity contribution in [1.29, 1.82) is 0 Å². The van der Waals surface area contributed by atoms with Gasteiger partial charge in [-0.25, -0.2) is 4.39 Å². The predicted octanol–water partition coefficient (Wildman–Crippen LogP) is 0.888. The van der Waals surface area contributed by atoms with Crippen molar-refractivity contribution in [3.63, 3.8) is 0 Å². The molecule has 0 bridgehead atoms. The van der Waals surface area contributed by atoms with Gasteiger partial charge in [0.05, 0.1) is 11.6 Å². The number of amides is 1. The highest BCUT2D eigenvalue weighted by atomic mass is 35.5. The molecular weight excluding hydrogens is 259 g/mol. The Morgan fingerprint density at radius 3 is 2.67 bits per heavy atom. The smallest absolute Gasteiger partial charge is 0.240 e. The minimum Gasteiger partial charge on any atom is -0.386 e. The Morgan fingerprint density at radius 1 is 1.50 bits per heavy atom. The number of nitrogens with two attached hydrogens (primary N) is 1. The summed E-state index contributed by atoms with van der Waals surface area (Å²) in [6, 6.07) is 5.94. The SMILES string of the molecule is Cl.NC1(C(=O)NCC(O)c2ccccc2F)CC1. The third-order valence-corrected chi connectivity index (χ3v) is 2.96. The summed E-state index contributed by atoms with van der Waals surface area (Å²) >= 11 is 0. The Hall–Kier alpha value is -1.17. The number of benzene rings is 1. The zero-order chi connectivity index (χ0) is 12.5. The van der Waals surface area contributed by atoms with Crippen molar-refractivity contribution in [2.45, 2.75) is 24.5 Å². The van der Waals surface area contributed by atoms with Crippen molar-refractivity contribution in [2.24, 2.45) is 5.73 Å². The second kappa shape index (κ2) is 5.65. The molecule has 1 aliphatic rings. The fraction of sp³-hybridized carbons (Fsp3) is 0.417. The molecule has 0 aliphatic heterocycles. The first-order valence-electron chi connectivity index (χ1n) is 5.52. The van der Waals surface area contributed by atoms with Crippen molar-refractivity contribution in [3.05, 3.63) is 35.6 Å². The highest BCUT2D eigenvalue weighted by Crippen LogP contribution is 2.32. The van der Waals surface area contributed by atoms with Gasteiger partial charge in [-0.3, -0.25) is 4.79 Å². The van der Waals surface area contributed by atoms with Gasteiger partial charge in [-0.05, 0) is 18.9 Å². The normalized spacial score (nSPS) is 17.5. The van der Waals surface area contributed by atoms with E-state index < -0.39 is 17.5 Å². The first kappa shape index (κ1) is 14.9. The molecule has 1 amide bonds. The number of aliphatic hydroxyl groups excluding tert-OH is 1. The third kappa shape index (κ3) is 3.19. The minimum absolute atomic E-state index is 0. The molecule has 100 valence electrons. The second-order valence-electron chi connectivity index (χ2n) is 4.40. The lowest BCUT2D eigenvalue weighted by atomic mass is 10.1. The zero-order valence-corrected chi connectivity index (χ0v) is 10.5. The third-order valence-electron chi connectivity index (χ3n) is 2.96. The molecule has 1 aromatic rings. The van der Waals surface area contributed by atoms with Gasteiger partial charge >= 0.3 is 0 Å². The molecular formula is C12H16ClFN2O2. The Kier molecular flexibility index (Phi) is 4.67. The molecule has 4 N–H and O–H groups in total. The van der Waals surface area contributed by atoms with Crippen LogP contribution in [-0.4, -0.2) is 23.1 Å². The highest BCUT2D eigenvalue weighted by molar-refractivity contribution is 5.88. The molecule has 2 rings (SSSR count). The van der Waals surface area contributed by atoms with Gasteiger partial charge in [-0.2, -0.15) is 0 Å². The molecule has 6 heteroatoms. The molecule has 4 nitrogen and oxygen atoms in total. The van der Waals surface area contributed by atoms with Crippen LogP contribution in [0.5, 0.6) is 0 Å². The van der Waals surface area contributed by atoms with Crippen LogP contribution < -0.4 is 11.1 Å². The maximum atomic E-state index is 13.3. The molecule has 1 aliphatic carbocycles. The van der Waals surface area contributed by atoms with Crippen molar-refractivity contribution in [3.8, 4) is 0 Å². The van der Waals surface area contributed by atoms with Crippen LogP contribution >= 0.6 is 12.4 Å². The first-order chi connectivity index (χ1) is 8.03. The monoisotopic (exact) mass is 274 g/mol. The molecule has 0 saturated heterocycles. The summed E-state index contributed by atoms with van der Waals surface area (Å²) in [5.41, 5.74) is 5.08. The van der Waals surface area contributed by atoms with Gasteiger partial charge in [-0.15, -0.1) is 12.4 Å². The Bertz CT molecular complexity index is 438. The molecule has 0 radical (unpaired) electrons. The molecule has 0 heterocycles.